The van der Waals surface area contributed by atoms with Crippen LogP contribution in [-0.4, -0.2) is 66.6 Å². The Morgan fingerprint density at radius 2 is 1.59 bits per heavy atom. The number of benzene rings is 2. The highest BCUT2D eigenvalue weighted by atomic mass is 32.1. The van der Waals surface area contributed by atoms with Crippen LogP contribution in [0.1, 0.15) is 16.8 Å². The van der Waals surface area contributed by atoms with Gasteiger partial charge in [0.2, 0.25) is 0 Å². The number of nitrogens with one attached hydrogen (secondary N) is 4. The summed E-state index contributed by atoms with van der Waals surface area (Å²) >= 11 is 1.06. The average Bonchev–Trinajstić information content (AvgIpc) is 3.32. The normalized spacial score (nSPS) is 13.5. The third kappa shape index (κ3) is 7.49. The molecule has 1 aliphatic rings. The van der Waals surface area contributed by atoms with Gasteiger partial charge in [-0.2, -0.15) is 4.37 Å². The van der Waals surface area contributed by atoms with Crippen LogP contribution in [0.3, 0.4) is 0 Å². The van der Waals surface area contributed by atoms with Crippen LogP contribution in [0.25, 0.3) is 10.4 Å². The van der Waals surface area contributed by atoms with Crippen LogP contribution in [0.4, 0.5) is 26.8 Å². The molecular formula is C25H29N7O4S. The van der Waals surface area contributed by atoms with Gasteiger partial charge in [-0.05, 0) is 54.3 Å². The molecule has 5 amide bonds. The maximum absolute atomic E-state index is 12.4. The number of ether oxygens (including phenoxy) is 1. The zero-order valence-corrected chi connectivity index (χ0v) is 21.0. The summed E-state index contributed by atoms with van der Waals surface area (Å²) in [7, 11) is 0. The summed E-state index contributed by atoms with van der Waals surface area (Å²) in [5.41, 5.74) is 7.68. The van der Waals surface area contributed by atoms with Gasteiger partial charge >= 0.3 is 12.1 Å². The smallest absolute Gasteiger partial charge is 0.323 e. The maximum atomic E-state index is 12.4. The second-order valence-electron chi connectivity index (χ2n) is 8.31. The Balaban J connectivity index is 1.32. The van der Waals surface area contributed by atoms with E-state index < -0.39 is 11.9 Å². The molecule has 0 atom stereocenters. The molecule has 2 aromatic carbocycles. The molecule has 11 nitrogen and oxygen atoms in total. The summed E-state index contributed by atoms with van der Waals surface area (Å²) < 4.78 is 9.57. The van der Waals surface area contributed by atoms with E-state index in [1.54, 1.807) is 36.4 Å². The third-order valence-corrected chi connectivity index (χ3v) is 6.54. The van der Waals surface area contributed by atoms with E-state index in [2.05, 4.69) is 30.5 Å². The molecule has 6 N–H and O–H groups in total. The Morgan fingerprint density at radius 1 is 0.919 bits per heavy atom. The van der Waals surface area contributed by atoms with Gasteiger partial charge in [0, 0.05) is 31.0 Å². The fourth-order valence-electron chi connectivity index (χ4n) is 3.80. The molecule has 1 fully saturated rings. The van der Waals surface area contributed by atoms with Gasteiger partial charge < -0.3 is 26.4 Å². The summed E-state index contributed by atoms with van der Waals surface area (Å²) in [6, 6.07) is 15.2. The van der Waals surface area contributed by atoms with E-state index in [-0.39, 0.29) is 17.4 Å². The number of nitrogens with two attached hydrogens (primary N) is 1. The molecule has 4 rings (SSSR count). The lowest BCUT2D eigenvalue weighted by Gasteiger charge is -2.26. The first-order valence-electron chi connectivity index (χ1n) is 11.9. The third-order valence-electron chi connectivity index (χ3n) is 5.65. The van der Waals surface area contributed by atoms with Gasteiger partial charge in [0.1, 0.15) is 5.56 Å². The molecule has 194 valence electrons. The van der Waals surface area contributed by atoms with Crippen LogP contribution in [-0.2, 0) is 4.74 Å². The van der Waals surface area contributed by atoms with Crippen LogP contribution in [0.2, 0.25) is 0 Å². The van der Waals surface area contributed by atoms with E-state index in [9.17, 15) is 14.4 Å². The minimum absolute atomic E-state index is 0.114. The van der Waals surface area contributed by atoms with Gasteiger partial charge in [0.15, 0.2) is 5.82 Å². The van der Waals surface area contributed by atoms with E-state index in [0.29, 0.717) is 28.4 Å². The summed E-state index contributed by atoms with van der Waals surface area (Å²) in [5, 5.41) is 10.9. The quantitative estimate of drug-likeness (QED) is 0.271. The zero-order valence-electron chi connectivity index (χ0n) is 20.2. The highest BCUT2D eigenvalue weighted by Gasteiger charge is 2.21. The highest BCUT2D eigenvalue weighted by Crippen LogP contribution is 2.33. The van der Waals surface area contributed by atoms with Crippen molar-refractivity contribution in [3.63, 3.8) is 0 Å². The molecular weight excluding hydrogens is 494 g/mol. The lowest BCUT2D eigenvalue weighted by atomic mass is 10.1. The number of aromatic nitrogens is 1. The summed E-state index contributed by atoms with van der Waals surface area (Å²) in [4.78, 5) is 39.6. The minimum Gasteiger partial charge on any atom is -0.379 e. The van der Waals surface area contributed by atoms with Gasteiger partial charge in [0.05, 0.1) is 18.1 Å². The van der Waals surface area contributed by atoms with E-state index in [0.717, 1.165) is 50.8 Å². The van der Waals surface area contributed by atoms with Gasteiger partial charge in [-0.15, -0.1) is 0 Å². The Bertz CT molecular complexity index is 1210. The molecule has 0 bridgehead atoms. The van der Waals surface area contributed by atoms with E-state index in [1.165, 1.54) is 0 Å². The minimum atomic E-state index is -0.698. The van der Waals surface area contributed by atoms with Crippen LogP contribution >= 0.6 is 11.5 Å². The lowest BCUT2D eigenvalue weighted by Crippen LogP contribution is -2.38. The van der Waals surface area contributed by atoms with Crippen LogP contribution in [0.15, 0.2) is 54.6 Å². The zero-order chi connectivity index (χ0) is 26.0. The number of urea groups is 2. The number of carbonyl (C=O) groups is 3. The lowest BCUT2D eigenvalue weighted by molar-refractivity contribution is 0.0375. The predicted molar refractivity (Wildman–Crippen MR) is 144 cm³/mol. The van der Waals surface area contributed by atoms with Crippen molar-refractivity contribution in [1.29, 1.82) is 0 Å². The van der Waals surface area contributed by atoms with E-state index in [1.807, 2.05) is 18.2 Å². The van der Waals surface area contributed by atoms with Crippen molar-refractivity contribution in [3.05, 3.63) is 60.2 Å². The highest BCUT2D eigenvalue weighted by molar-refractivity contribution is 7.10. The van der Waals surface area contributed by atoms with Crippen LogP contribution in [0.5, 0.6) is 0 Å². The number of amides is 5. The molecule has 37 heavy (non-hydrogen) atoms. The SMILES string of the molecule is NC(=O)c1c(NC(=O)NCCCN2CCOCC2)nsc1-c1ccc(NC(=O)Nc2ccccc2)cc1. The number of hydrogen-bond donors (Lipinski definition) is 5. The molecule has 0 radical (unpaired) electrons. The Morgan fingerprint density at radius 3 is 2.27 bits per heavy atom. The van der Waals surface area contributed by atoms with Crippen molar-refractivity contribution < 1.29 is 19.1 Å². The fraction of sp³-hybridized carbons (Fsp3) is 0.280. The Hall–Kier alpha value is -4.00. The van der Waals surface area contributed by atoms with Crippen LogP contribution in [0, 0.1) is 0 Å². The fourth-order valence-corrected chi connectivity index (χ4v) is 4.65. The van der Waals surface area contributed by atoms with Gasteiger partial charge in [0.25, 0.3) is 5.91 Å². The van der Waals surface area contributed by atoms with Crippen molar-refractivity contribution in [2.75, 3.05) is 55.3 Å². The number of para-hydroxylation sites is 1. The van der Waals surface area contributed by atoms with E-state index >= 15 is 0 Å². The number of rotatable bonds is 9. The first kappa shape index (κ1) is 26.1. The predicted octanol–water partition coefficient (Wildman–Crippen LogP) is 3.40. The summed E-state index contributed by atoms with van der Waals surface area (Å²) in [6.07, 6.45) is 0.794. The molecule has 1 aromatic heterocycles. The molecule has 1 aliphatic heterocycles. The van der Waals surface area contributed by atoms with Gasteiger partial charge in [-0.25, -0.2) is 9.59 Å². The molecule has 0 spiro atoms. The van der Waals surface area contributed by atoms with Crippen molar-refractivity contribution in [2.45, 2.75) is 6.42 Å². The average molecular weight is 524 g/mol. The van der Waals surface area contributed by atoms with Crippen LogP contribution < -0.4 is 27.0 Å². The number of hydrogen-bond acceptors (Lipinski definition) is 7. The van der Waals surface area contributed by atoms with Crippen molar-refractivity contribution in [1.82, 2.24) is 14.6 Å². The molecule has 0 aliphatic carbocycles. The number of nitrogens with zero attached hydrogens (tertiary/aromatic N) is 2. The number of anilines is 3. The largest absolute Gasteiger partial charge is 0.379 e. The standard InChI is InChI=1S/C25H29N7O4S/c26-22(33)20-21(17-7-9-19(10-8-17)29-25(35)28-18-5-2-1-3-6-18)37-31-23(20)30-24(34)27-11-4-12-32-13-15-36-16-14-32/h1-3,5-10H,4,11-16H2,(H2,26,33)(H2,28,29,35)(H2,27,30,31,34). The molecule has 12 heteroatoms. The number of primary amides is 1. The number of carbonyl (C=O) groups excluding carboxylic acids is 3. The topological polar surface area (TPSA) is 151 Å². The molecule has 1 saturated heterocycles. The van der Waals surface area contributed by atoms with Crippen molar-refractivity contribution in [2.24, 2.45) is 5.73 Å². The maximum Gasteiger partial charge on any atom is 0.323 e. The molecule has 0 saturated carbocycles. The first-order valence-corrected chi connectivity index (χ1v) is 12.6. The molecule has 2 heterocycles. The van der Waals surface area contributed by atoms with E-state index in [4.69, 9.17) is 10.5 Å². The Kier molecular flexibility index (Phi) is 9.03. The molecule has 0 unspecified atom stereocenters. The van der Waals surface area contributed by atoms with Crippen molar-refractivity contribution in [3.8, 4) is 10.4 Å². The monoisotopic (exact) mass is 523 g/mol. The first-order chi connectivity index (χ1) is 18.0. The molecule has 3 aromatic rings. The van der Waals surface area contributed by atoms with Gasteiger partial charge in [-0.3, -0.25) is 15.0 Å². The second kappa shape index (κ2) is 12.8. The number of morpholine rings is 1. The van der Waals surface area contributed by atoms with Crippen molar-refractivity contribution >= 4 is 46.7 Å². The summed E-state index contributed by atoms with van der Waals surface area (Å²) in [6.45, 7) is 4.62. The summed E-state index contributed by atoms with van der Waals surface area (Å²) in [5.74, 6) is -0.585. The Labute approximate surface area is 218 Å². The second-order valence-corrected chi connectivity index (χ2v) is 9.08. The van der Waals surface area contributed by atoms with Gasteiger partial charge in [-0.1, -0.05) is 30.3 Å².